The minimum atomic E-state index is 0.755. The van der Waals surface area contributed by atoms with Crippen LogP contribution in [0, 0.1) is 0 Å². The fraction of sp³-hybridized carbons (Fsp3) is 1.00. The molecule has 0 unspecified atom stereocenters. The molecule has 1 rings (SSSR count). The highest BCUT2D eigenvalue weighted by Crippen LogP contribution is 2.22. The van der Waals surface area contributed by atoms with Crippen LogP contribution in [-0.4, -0.2) is 24.2 Å². The molecule has 0 radical (unpaired) electrons. The summed E-state index contributed by atoms with van der Waals surface area (Å²) in [5.41, 5.74) is 5.72. The first kappa shape index (κ1) is 10.0. The van der Waals surface area contributed by atoms with Crippen molar-refractivity contribution in [2.75, 3.05) is 13.2 Å². The Labute approximate surface area is 76.1 Å². The predicted octanol–water partition coefficient (Wildman–Crippen LogP) is 1.95. The van der Waals surface area contributed by atoms with Gasteiger partial charge in [-0.3, -0.25) is 4.90 Å². The van der Waals surface area contributed by atoms with E-state index in [1.54, 1.807) is 0 Å². The molecule has 0 saturated heterocycles. The molecular formula is C10H22N2. The second-order valence-corrected chi connectivity index (χ2v) is 3.79. The molecule has 0 aromatic rings. The van der Waals surface area contributed by atoms with Crippen LogP contribution in [0.2, 0.25) is 0 Å². The van der Waals surface area contributed by atoms with E-state index in [-0.39, 0.29) is 0 Å². The van der Waals surface area contributed by atoms with Crippen LogP contribution < -0.4 is 5.73 Å². The molecule has 2 nitrogen and oxygen atoms in total. The van der Waals surface area contributed by atoms with E-state index >= 15 is 0 Å². The van der Waals surface area contributed by atoms with Crippen LogP contribution >= 0.6 is 0 Å². The lowest BCUT2D eigenvalue weighted by molar-refractivity contribution is 0.201. The van der Waals surface area contributed by atoms with Crippen molar-refractivity contribution in [2.45, 2.75) is 51.5 Å². The number of hydrogen-bond acceptors (Lipinski definition) is 2. The molecule has 2 heteroatoms. The molecule has 0 heterocycles. The Kier molecular flexibility index (Phi) is 4.62. The smallest absolute Gasteiger partial charge is 0.0457 e. The standard InChI is InChI=1S/C10H22N2/c1-2-3-8-12(9-11)10-6-4-5-7-10/h10H,2-9,11H2,1H3. The summed E-state index contributed by atoms with van der Waals surface area (Å²) in [5.74, 6) is 0. The molecule has 1 saturated carbocycles. The Bertz CT molecular complexity index is 108. The minimum absolute atomic E-state index is 0.755. The Hall–Kier alpha value is -0.0800. The third kappa shape index (κ3) is 2.76. The molecule has 0 atom stereocenters. The molecular weight excluding hydrogens is 148 g/mol. The van der Waals surface area contributed by atoms with E-state index in [0.717, 1.165) is 12.7 Å². The summed E-state index contributed by atoms with van der Waals surface area (Å²) >= 11 is 0. The van der Waals surface area contributed by atoms with Gasteiger partial charge in [0.05, 0.1) is 0 Å². The van der Waals surface area contributed by atoms with Crippen LogP contribution in [0.3, 0.4) is 0 Å². The molecule has 0 aromatic carbocycles. The molecule has 1 aliphatic carbocycles. The molecule has 0 amide bonds. The second-order valence-electron chi connectivity index (χ2n) is 3.79. The summed E-state index contributed by atoms with van der Waals surface area (Å²) < 4.78 is 0. The zero-order valence-electron chi connectivity index (χ0n) is 8.26. The van der Waals surface area contributed by atoms with Gasteiger partial charge in [0, 0.05) is 12.7 Å². The number of hydrogen-bond donors (Lipinski definition) is 1. The summed E-state index contributed by atoms with van der Waals surface area (Å²) in [6.07, 6.45) is 8.15. The van der Waals surface area contributed by atoms with Gasteiger partial charge in [0.15, 0.2) is 0 Å². The summed E-state index contributed by atoms with van der Waals surface area (Å²) in [6.45, 7) is 4.20. The fourth-order valence-corrected chi connectivity index (χ4v) is 2.05. The number of nitrogens with two attached hydrogens (primary N) is 1. The average Bonchev–Trinajstić information content (AvgIpc) is 2.59. The molecule has 2 N–H and O–H groups in total. The van der Waals surface area contributed by atoms with Crippen LogP contribution in [0.5, 0.6) is 0 Å². The highest BCUT2D eigenvalue weighted by molar-refractivity contribution is 4.76. The van der Waals surface area contributed by atoms with E-state index in [1.165, 1.54) is 45.1 Å². The van der Waals surface area contributed by atoms with Crippen LogP contribution in [0.1, 0.15) is 45.4 Å². The van der Waals surface area contributed by atoms with E-state index in [9.17, 15) is 0 Å². The van der Waals surface area contributed by atoms with E-state index in [1.807, 2.05) is 0 Å². The Morgan fingerprint density at radius 3 is 2.50 bits per heavy atom. The summed E-state index contributed by atoms with van der Waals surface area (Å²) in [4.78, 5) is 2.45. The molecule has 72 valence electrons. The normalized spacial score (nSPS) is 19.2. The summed E-state index contributed by atoms with van der Waals surface area (Å²) in [5, 5.41) is 0. The largest absolute Gasteiger partial charge is 0.318 e. The lowest BCUT2D eigenvalue weighted by atomic mass is 10.2. The van der Waals surface area contributed by atoms with Gasteiger partial charge < -0.3 is 5.73 Å². The predicted molar refractivity (Wildman–Crippen MR) is 52.9 cm³/mol. The molecule has 0 aliphatic heterocycles. The molecule has 1 aliphatic rings. The van der Waals surface area contributed by atoms with Crippen LogP contribution in [0.4, 0.5) is 0 Å². The molecule has 0 aromatic heterocycles. The van der Waals surface area contributed by atoms with Gasteiger partial charge in [0.25, 0.3) is 0 Å². The van der Waals surface area contributed by atoms with Crippen molar-refractivity contribution in [3.05, 3.63) is 0 Å². The van der Waals surface area contributed by atoms with Gasteiger partial charge in [-0.2, -0.15) is 0 Å². The third-order valence-corrected chi connectivity index (χ3v) is 2.87. The first-order valence-electron chi connectivity index (χ1n) is 5.32. The van der Waals surface area contributed by atoms with Crippen molar-refractivity contribution < 1.29 is 0 Å². The number of unbranched alkanes of at least 4 members (excludes halogenated alkanes) is 1. The van der Waals surface area contributed by atoms with E-state index in [4.69, 9.17) is 5.73 Å². The molecule has 12 heavy (non-hydrogen) atoms. The van der Waals surface area contributed by atoms with Crippen molar-refractivity contribution in [3.8, 4) is 0 Å². The fourth-order valence-electron chi connectivity index (χ4n) is 2.05. The van der Waals surface area contributed by atoms with Crippen LogP contribution in [-0.2, 0) is 0 Å². The topological polar surface area (TPSA) is 29.3 Å². The summed E-state index contributed by atoms with van der Waals surface area (Å²) in [6, 6.07) is 0.807. The first-order chi connectivity index (χ1) is 5.88. The average molecular weight is 170 g/mol. The van der Waals surface area contributed by atoms with Gasteiger partial charge in [-0.15, -0.1) is 0 Å². The van der Waals surface area contributed by atoms with E-state index in [2.05, 4.69) is 11.8 Å². The maximum atomic E-state index is 5.72. The van der Waals surface area contributed by atoms with Gasteiger partial charge in [-0.25, -0.2) is 0 Å². The SMILES string of the molecule is CCCCN(CN)C1CCCC1. The van der Waals surface area contributed by atoms with Crippen molar-refractivity contribution in [3.63, 3.8) is 0 Å². The van der Waals surface area contributed by atoms with Gasteiger partial charge in [0.2, 0.25) is 0 Å². The maximum Gasteiger partial charge on any atom is 0.0457 e. The lowest BCUT2D eigenvalue weighted by Crippen LogP contribution is -2.38. The monoisotopic (exact) mass is 170 g/mol. The first-order valence-corrected chi connectivity index (χ1v) is 5.32. The molecule has 1 fully saturated rings. The Balaban J connectivity index is 2.22. The zero-order chi connectivity index (χ0) is 8.81. The van der Waals surface area contributed by atoms with Crippen LogP contribution in [0.15, 0.2) is 0 Å². The van der Waals surface area contributed by atoms with Crippen molar-refractivity contribution >= 4 is 0 Å². The Morgan fingerprint density at radius 2 is 2.00 bits per heavy atom. The summed E-state index contributed by atoms with van der Waals surface area (Å²) in [7, 11) is 0. The maximum absolute atomic E-state index is 5.72. The lowest BCUT2D eigenvalue weighted by Gasteiger charge is -2.26. The number of rotatable bonds is 5. The second kappa shape index (κ2) is 5.55. The minimum Gasteiger partial charge on any atom is -0.318 e. The third-order valence-electron chi connectivity index (χ3n) is 2.87. The van der Waals surface area contributed by atoms with Gasteiger partial charge in [0.1, 0.15) is 0 Å². The molecule has 0 spiro atoms. The molecule has 0 bridgehead atoms. The van der Waals surface area contributed by atoms with Crippen molar-refractivity contribution in [2.24, 2.45) is 5.73 Å². The highest BCUT2D eigenvalue weighted by Gasteiger charge is 2.20. The van der Waals surface area contributed by atoms with Crippen molar-refractivity contribution in [1.29, 1.82) is 0 Å². The number of nitrogens with zero attached hydrogens (tertiary/aromatic N) is 1. The van der Waals surface area contributed by atoms with Crippen molar-refractivity contribution in [1.82, 2.24) is 4.90 Å². The van der Waals surface area contributed by atoms with Gasteiger partial charge in [-0.1, -0.05) is 26.2 Å². The Morgan fingerprint density at radius 1 is 1.33 bits per heavy atom. The zero-order valence-corrected chi connectivity index (χ0v) is 8.26. The van der Waals surface area contributed by atoms with E-state index in [0.29, 0.717) is 0 Å². The van der Waals surface area contributed by atoms with E-state index < -0.39 is 0 Å². The van der Waals surface area contributed by atoms with Crippen LogP contribution in [0.25, 0.3) is 0 Å². The van der Waals surface area contributed by atoms with Gasteiger partial charge >= 0.3 is 0 Å². The highest BCUT2D eigenvalue weighted by atomic mass is 15.2. The quantitative estimate of drug-likeness (QED) is 0.639. The van der Waals surface area contributed by atoms with Gasteiger partial charge in [-0.05, 0) is 25.8 Å².